The van der Waals surface area contributed by atoms with Gasteiger partial charge in [-0.2, -0.15) is 0 Å². The quantitative estimate of drug-likeness (QED) is 0.639. The van der Waals surface area contributed by atoms with E-state index in [0.717, 1.165) is 20.0 Å². The van der Waals surface area contributed by atoms with Crippen LogP contribution in [0.25, 0.3) is 9.40 Å². The van der Waals surface area contributed by atoms with Crippen LogP contribution in [-0.4, -0.2) is 5.78 Å². The third-order valence-corrected chi connectivity index (χ3v) is 4.42. The molecule has 3 rings (SSSR count). The molecule has 0 amide bonds. The molecule has 0 bridgehead atoms. The van der Waals surface area contributed by atoms with Crippen LogP contribution in [-0.2, 0) is 0 Å². The summed E-state index contributed by atoms with van der Waals surface area (Å²) in [6, 6.07) is 7.51. The van der Waals surface area contributed by atoms with Gasteiger partial charge in [-0.1, -0.05) is 0 Å². The van der Waals surface area contributed by atoms with Crippen LogP contribution in [0.1, 0.15) is 21.2 Å². The number of furan rings is 1. The van der Waals surface area contributed by atoms with Crippen LogP contribution in [0.15, 0.2) is 34.1 Å². The Bertz CT molecular complexity index is 629. The van der Waals surface area contributed by atoms with Gasteiger partial charge in [-0.15, -0.1) is 22.7 Å². The van der Waals surface area contributed by atoms with Gasteiger partial charge in [0.15, 0.2) is 5.76 Å². The number of fused-ring (bicyclic) bond motifs is 1. The van der Waals surface area contributed by atoms with Gasteiger partial charge in [0.25, 0.3) is 0 Å². The predicted octanol–water partition coefficient (Wildman–Crippen LogP) is 4.10. The summed E-state index contributed by atoms with van der Waals surface area (Å²) < 4.78 is 7.66. The summed E-state index contributed by atoms with van der Waals surface area (Å²) in [5.41, 5.74) is 0. The average Bonchev–Trinajstić information content (AvgIpc) is 2.89. The molecule has 3 heterocycles. The van der Waals surface area contributed by atoms with Crippen LogP contribution in [0, 0.1) is 6.92 Å². The molecule has 0 unspecified atom stereocenters. The Kier molecular flexibility index (Phi) is 2.19. The molecule has 0 radical (unpaired) electrons. The van der Waals surface area contributed by atoms with Crippen LogP contribution >= 0.6 is 22.7 Å². The third kappa shape index (κ3) is 1.50. The molecule has 0 N–H and O–H groups in total. The normalized spacial score (nSPS) is 11.1. The highest BCUT2D eigenvalue weighted by atomic mass is 32.1. The second-order valence-electron chi connectivity index (χ2n) is 3.50. The maximum Gasteiger partial charge on any atom is 0.238 e. The Morgan fingerprint density at radius 3 is 2.81 bits per heavy atom. The maximum atomic E-state index is 12.0. The van der Waals surface area contributed by atoms with Gasteiger partial charge in [0, 0.05) is 9.40 Å². The number of ketones is 1. The number of hydrogen-bond donors (Lipinski definition) is 0. The van der Waals surface area contributed by atoms with Crippen LogP contribution in [0.5, 0.6) is 0 Å². The lowest BCUT2D eigenvalue weighted by atomic mass is 10.2. The van der Waals surface area contributed by atoms with E-state index in [-0.39, 0.29) is 5.78 Å². The SMILES string of the molecule is Cc1ccc(C(=O)c2cc3sccc3s2)o1. The molecule has 0 fully saturated rings. The van der Waals surface area contributed by atoms with Crippen LogP contribution in [0.2, 0.25) is 0 Å². The first kappa shape index (κ1) is 9.81. The lowest BCUT2D eigenvalue weighted by Crippen LogP contribution is -1.95. The number of aryl methyl sites for hydroxylation is 1. The Labute approximate surface area is 100 Å². The third-order valence-electron chi connectivity index (χ3n) is 2.33. The molecule has 0 spiro atoms. The minimum absolute atomic E-state index is 0.0264. The van der Waals surface area contributed by atoms with Crippen molar-refractivity contribution in [1.82, 2.24) is 0 Å². The van der Waals surface area contributed by atoms with Gasteiger partial charge in [0.05, 0.1) is 4.88 Å². The Morgan fingerprint density at radius 2 is 2.12 bits per heavy atom. The minimum Gasteiger partial charge on any atom is -0.458 e. The first-order chi connectivity index (χ1) is 7.74. The molecule has 0 aliphatic carbocycles. The van der Waals surface area contributed by atoms with E-state index in [9.17, 15) is 4.79 Å². The van der Waals surface area contributed by atoms with E-state index in [1.165, 1.54) is 11.3 Å². The molecule has 0 aromatic carbocycles. The first-order valence-electron chi connectivity index (χ1n) is 4.82. The molecule has 80 valence electrons. The standard InChI is InChI=1S/C12H8O2S2/c1-7-2-3-8(14-7)12(13)11-6-10-9(16-11)4-5-15-10/h2-6H,1H3. The molecule has 16 heavy (non-hydrogen) atoms. The van der Waals surface area contributed by atoms with Gasteiger partial charge in [0.1, 0.15) is 5.76 Å². The van der Waals surface area contributed by atoms with Crippen LogP contribution in [0.3, 0.4) is 0 Å². The zero-order chi connectivity index (χ0) is 11.1. The van der Waals surface area contributed by atoms with Gasteiger partial charge in [0.2, 0.25) is 5.78 Å². The number of hydrogen-bond acceptors (Lipinski definition) is 4. The van der Waals surface area contributed by atoms with Gasteiger partial charge in [-0.25, -0.2) is 0 Å². The van der Waals surface area contributed by atoms with Gasteiger partial charge >= 0.3 is 0 Å². The summed E-state index contributed by atoms with van der Waals surface area (Å²) in [6.07, 6.45) is 0. The molecule has 2 nitrogen and oxygen atoms in total. The van der Waals surface area contributed by atoms with Crippen molar-refractivity contribution in [3.05, 3.63) is 46.0 Å². The molecule has 0 atom stereocenters. The molecule has 0 aliphatic rings. The number of thiophene rings is 2. The fourth-order valence-corrected chi connectivity index (χ4v) is 3.61. The van der Waals surface area contributed by atoms with Gasteiger partial charge in [-0.3, -0.25) is 4.79 Å². The molecule has 0 saturated carbocycles. The zero-order valence-corrected chi connectivity index (χ0v) is 10.2. The Balaban J connectivity index is 2.04. The smallest absolute Gasteiger partial charge is 0.238 e. The van der Waals surface area contributed by atoms with E-state index in [4.69, 9.17) is 4.42 Å². The fraction of sp³-hybridized carbons (Fsp3) is 0.0833. The van der Waals surface area contributed by atoms with Crippen molar-refractivity contribution in [2.24, 2.45) is 0 Å². The van der Waals surface area contributed by atoms with E-state index in [2.05, 4.69) is 0 Å². The summed E-state index contributed by atoms with van der Waals surface area (Å²) in [5.74, 6) is 1.16. The van der Waals surface area contributed by atoms with Crippen molar-refractivity contribution in [2.75, 3.05) is 0 Å². The summed E-state index contributed by atoms with van der Waals surface area (Å²) in [7, 11) is 0. The van der Waals surface area contributed by atoms with Crippen molar-refractivity contribution in [1.29, 1.82) is 0 Å². The molecular weight excluding hydrogens is 240 g/mol. The summed E-state index contributed by atoms with van der Waals surface area (Å²) in [5, 5.41) is 2.03. The van der Waals surface area contributed by atoms with E-state index in [0.29, 0.717) is 5.76 Å². The number of carbonyl (C=O) groups excluding carboxylic acids is 1. The summed E-state index contributed by atoms with van der Waals surface area (Å²) >= 11 is 3.17. The maximum absolute atomic E-state index is 12.0. The average molecular weight is 248 g/mol. The highest BCUT2D eigenvalue weighted by Gasteiger charge is 2.16. The van der Waals surface area contributed by atoms with Gasteiger partial charge < -0.3 is 4.42 Å². The number of rotatable bonds is 2. The van der Waals surface area contributed by atoms with Crippen molar-refractivity contribution in [3.63, 3.8) is 0 Å². The molecule has 3 aromatic heterocycles. The number of carbonyl (C=O) groups is 1. The second kappa shape index (κ2) is 3.57. The van der Waals surface area contributed by atoms with E-state index in [1.807, 2.05) is 30.5 Å². The van der Waals surface area contributed by atoms with Crippen LogP contribution in [0.4, 0.5) is 0 Å². The largest absolute Gasteiger partial charge is 0.458 e. The van der Waals surface area contributed by atoms with E-state index >= 15 is 0 Å². The molecule has 3 aromatic rings. The fourth-order valence-electron chi connectivity index (χ4n) is 1.56. The van der Waals surface area contributed by atoms with Crippen molar-refractivity contribution >= 4 is 37.9 Å². The Morgan fingerprint density at radius 1 is 1.25 bits per heavy atom. The van der Waals surface area contributed by atoms with Crippen LogP contribution < -0.4 is 0 Å². The predicted molar refractivity (Wildman–Crippen MR) is 66.6 cm³/mol. The Hall–Kier alpha value is -1.39. The first-order valence-corrected chi connectivity index (χ1v) is 6.52. The highest BCUT2D eigenvalue weighted by molar-refractivity contribution is 7.28. The summed E-state index contributed by atoms with van der Waals surface area (Å²) in [6.45, 7) is 1.84. The summed E-state index contributed by atoms with van der Waals surface area (Å²) in [4.78, 5) is 12.8. The van der Waals surface area contributed by atoms with Crippen molar-refractivity contribution in [3.8, 4) is 0 Å². The van der Waals surface area contributed by atoms with Gasteiger partial charge in [-0.05, 0) is 36.6 Å². The zero-order valence-electron chi connectivity index (χ0n) is 8.52. The van der Waals surface area contributed by atoms with E-state index < -0.39 is 0 Å². The van der Waals surface area contributed by atoms with Crippen molar-refractivity contribution in [2.45, 2.75) is 6.92 Å². The topological polar surface area (TPSA) is 30.2 Å². The van der Waals surface area contributed by atoms with E-state index in [1.54, 1.807) is 17.4 Å². The molecule has 0 aliphatic heterocycles. The lowest BCUT2D eigenvalue weighted by Gasteiger charge is -1.91. The monoisotopic (exact) mass is 248 g/mol. The second-order valence-corrected chi connectivity index (χ2v) is 5.53. The minimum atomic E-state index is -0.0264. The molecular formula is C12H8O2S2. The highest BCUT2D eigenvalue weighted by Crippen LogP contribution is 2.31. The molecule has 4 heteroatoms. The van der Waals surface area contributed by atoms with Crippen molar-refractivity contribution < 1.29 is 9.21 Å². The molecule has 0 saturated heterocycles. The lowest BCUT2D eigenvalue weighted by molar-refractivity contribution is 0.101.